The first-order chi connectivity index (χ1) is 10.6. The van der Waals surface area contributed by atoms with Crippen molar-refractivity contribution in [1.29, 1.82) is 0 Å². The van der Waals surface area contributed by atoms with Gasteiger partial charge in [0.05, 0.1) is 7.11 Å². The van der Waals surface area contributed by atoms with Gasteiger partial charge in [0.2, 0.25) is 11.9 Å². The van der Waals surface area contributed by atoms with Gasteiger partial charge in [0.25, 0.3) is 0 Å². The van der Waals surface area contributed by atoms with Crippen LogP contribution in [0.3, 0.4) is 0 Å². The van der Waals surface area contributed by atoms with Crippen LogP contribution in [0.1, 0.15) is 28.6 Å². The van der Waals surface area contributed by atoms with E-state index in [-0.39, 0.29) is 24.2 Å². The zero-order valence-corrected chi connectivity index (χ0v) is 13.1. The summed E-state index contributed by atoms with van der Waals surface area (Å²) in [4.78, 5) is 28.7. The van der Waals surface area contributed by atoms with Gasteiger partial charge in [-0.25, -0.2) is 0 Å². The number of nitrogens with zero attached hydrogens (tertiary/aromatic N) is 2. The van der Waals surface area contributed by atoms with E-state index >= 15 is 0 Å². The highest BCUT2D eigenvalue weighted by Gasteiger charge is 2.45. The molecule has 2 aromatic heterocycles. The Bertz CT molecular complexity index is 709. The normalized spacial score (nSPS) is 19.7. The van der Waals surface area contributed by atoms with E-state index < -0.39 is 5.97 Å². The number of carbonyl (C=O) groups excluding carboxylic acids is 2. The minimum Gasteiger partial charge on any atom is -0.469 e. The van der Waals surface area contributed by atoms with Crippen LogP contribution in [0.15, 0.2) is 11.4 Å². The number of carbonyl (C=O) groups is 2. The molecule has 1 aliphatic rings. The summed E-state index contributed by atoms with van der Waals surface area (Å²) in [6.07, 6.45) is 0.854. The first-order valence-electron chi connectivity index (χ1n) is 6.91. The number of rotatable bonds is 5. The van der Waals surface area contributed by atoms with Crippen molar-refractivity contribution in [2.45, 2.75) is 25.7 Å². The third-order valence-corrected chi connectivity index (χ3v) is 4.82. The smallest absolute Gasteiger partial charge is 0.313 e. The van der Waals surface area contributed by atoms with Crippen molar-refractivity contribution in [1.82, 2.24) is 15.2 Å². The Balaban J connectivity index is 1.57. The van der Waals surface area contributed by atoms with Gasteiger partial charge in [-0.2, -0.15) is 4.98 Å². The molecule has 2 atom stereocenters. The Morgan fingerprint density at radius 2 is 2.36 bits per heavy atom. The number of aryl methyl sites for hydroxylation is 1. The lowest BCUT2D eigenvalue weighted by Gasteiger charge is -2.00. The van der Waals surface area contributed by atoms with E-state index in [1.807, 2.05) is 5.38 Å². The largest absolute Gasteiger partial charge is 0.469 e. The Morgan fingerprint density at radius 1 is 1.55 bits per heavy atom. The first-order valence-corrected chi connectivity index (χ1v) is 7.79. The van der Waals surface area contributed by atoms with E-state index in [2.05, 4.69) is 38.2 Å². The molecular formula is C14H16N4O3S. The second kappa shape index (κ2) is 5.88. The molecule has 8 heteroatoms. The molecule has 3 rings (SSSR count). The second-order valence-corrected chi connectivity index (χ2v) is 6.21. The van der Waals surface area contributed by atoms with Gasteiger partial charge in [0, 0.05) is 16.7 Å². The Kier molecular flexibility index (Phi) is 3.93. The Hall–Kier alpha value is -2.22. The predicted molar refractivity (Wildman–Crippen MR) is 80.6 cm³/mol. The maximum Gasteiger partial charge on any atom is 0.313 e. The van der Waals surface area contributed by atoms with Crippen LogP contribution in [0.2, 0.25) is 0 Å². The van der Waals surface area contributed by atoms with Gasteiger partial charge in [-0.3, -0.25) is 20.0 Å². The molecule has 22 heavy (non-hydrogen) atoms. The van der Waals surface area contributed by atoms with Crippen LogP contribution in [0, 0.1) is 12.8 Å². The van der Waals surface area contributed by atoms with Gasteiger partial charge < -0.3 is 4.74 Å². The van der Waals surface area contributed by atoms with Crippen LogP contribution in [0.25, 0.3) is 0 Å². The number of nitrogens with one attached hydrogen (secondary N) is 2. The molecule has 0 spiro atoms. The van der Waals surface area contributed by atoms with E-state index in [4.69, 9.17) is 0 Å². The van der Waals surface area contributed by atoms with Crippen LogP contribution in [-0.2, 0) is 20.7 Å². The van der Waals surface area contributed by atoms with Gasteiger partial charge >= 0.3 is 5.97 Å². The predicted octanol–water partition coefficient (Wildman–Crippen LogP) is 1.63. The van der Waals surface area contributed by atoms with Gasteiger partial charge in [0.15, 0.2) is 0 Å². The topological polar surface area (TPSA) is 97.0 Å². The van der Waals surface area contributed by atoms with Crippen molar-refractivity contribution in [3.8, 4) is 0 Å². The molecule has 1 aliphatic carbocycles. The fraction of sp³-hybridized carbons (Fsp3) is 0.429. The number of methoxy groups -OCH3 is 1. The van der Waals surface area contributed by atoms with Crippen LogP contribution in [0.4, 0.5) is 5.95 Å². The highest BCUT2D eigenvalue weighted by molar-refractivity contribution is 7.10. The molecule has 1 fully saturated rings. The van der Waals surface area contributed by atoms with E-state index in [1.165, 1.54) is 17.6 Å². The average molecular weight is 320 g/mol. The molecule has 0 saturated heterocycles. The van der Waals surface area contributed by atoms with Crippen molar-refractivity contribution >= 4 is 29.2 Å². The SMILES string of the molecule is COC(=O)Cc1nc(NC(=O)C2CC2c2sccc2C)n[nH]1. The monoisotopic (exact) mass is 320 g/mol. The number of amides is 1. The lowest BCUT2D eigenvalue weighted by molar-refractivity contribution is -0.139. The van der Waals surface area contributed by atoms with E-state index in [0.717, 1.165) is 6.42 Å². The van der Waals surface area contributed by atoms with Gasteiger partial charge in [-0.15, -0.1) is 16.4 Å². The fourth-order valence-corrected chi connectivity index (χ4v) is 3.49. The van der Waals surface area contributed by atoms with Crippen LogP contribution in [0.5, 0.6) is 0 Å². The number of anilines is 1. The van der Waals surface area contributed by atoms with Gasteiger partial charge in [-0.1, -0.05) is 0 Å². The number of thiophene rings is 1. The molecular weight excluding hydrogens is 304 g/mol. The molecule has 7 nitrogen and oxygen atoms in total. The minimum absolute atomic E-state index is 0.000184. The Labute approximate surface area is 131 Å². The molecule has 2 heterocycles. The lowest BCUT2D eigenvalue weighted by Crippen LogP contribution is -2.15. The summed E-state index contributed by atoms with van der Waals surface area (Å²) in [6, 6.07) is 2.07. The summed E-state index contributed by atoms with van der Waals surface area (Å²) in [5, 5.41) is 11.2. The summed E-state index contributed by atoms with van der Waals surface area (Å²) in [7, 11) is 1.31. The second-order valence-electron chi connectivity index (χ2n) is 5.26. The zero-order chi connectivity index (χ0) is 15.7. The number of aromatic amines is 1. The molecule has 1 saturated carbocycles. The first kappa shape index (κ1) is 14.7. The maximum absolute atomic E-state index is 12.2. The molecule has 0 aromatic carbocycles. The summed E-state index contributed by atoms with van der Waals surface area (Å²) in [5.74, 6) is 0.334. The quantitative estimate of drug-likeness (QED) is 0.816. The van der Waals surface area contributed by atoms with Gasteiger partial charge in [-0.05, 0) is 30.4 Å². The fourth-order valence-electron chi connectivity index (χ4n) is 2.38. The molecule has 2 N–H and O–H groups in total. The lowest BCUT2D eigenvalue weighted by atomic mass is 10.2. The van der Waals surface area contributed by atoms with E-state index in [0.29, 0.717) is 11.7 Å². The zero-order valence-electron chi connectivity index (χ0n) is 12.3. The Morgan fingerprint density at radius 3 is 3.05 bits per heavy atom. The average Bonchev–Trinajstić information content (AvgIpc) is 2.99. The van der Waals surface area contributed by atoms with Crippen LogP contribution in [-0.4, -0.2) is 34.2 Å². The molecule has 2 aromatic rings. The third kappa shape index (κ3) is 3.01. The summed E-state index contributed by atoms with van der Waals surface area (Å²) in [5.41, 5.74) is 1.24. The number of ether oxygens (including phenoxy) is 1. The van der Waals surface area contributed by atoms with Crippen molar-refractivity contribution < 1.29 is 14.3 Å². The third-order valence-electron chi connectivity index (χ3n) is 3.67. The highest BCUT2D eigenvalue weighted by Crippen LogP contribution is 2.50. The number of hydrogen-bond acceptors (Lipinski definition) is 6. The molecule has 0 bridgehead atoms. The molecule has 0 aliphatic heterocycles. The number of hydrogen-bond donors (Lipinski definition) is 2. The van der Waals surface area contributed by atoms with E-state index in [9.17, 15) is 9.59 Å². The van der Waals surface area contributed by atoms with Crippen molar-refractivity contribution in [2.75, 3.05) is 12.4 Å². The summed E-state index contributed by atoms with van der Waals surface area (Å²) < 4.78 is 4.55. The summed E-state index contributed by atoms with van der Waals surface area (Å²) in [6.45, 7) is 2.06. The van der Waals surface area contributed by atoms with Crippen molar-refractivity contribution in [3.05, 3.63) is 27.7 Å². The van der Waals surface area contributed by atoms with Crippen LogP contribution >= 0.6 is 11.3 Å². The highest BCUT2D eigenvalue weighted by atomic mass is 32.1. The van der Waals surface area contributed by atoms with Crippen molar-refractivity contribution in [3.63, 3.8) is 0 Å². The number of aromatic nitrogens is 3. The number of esters is 1. The number of H-pyrrole nitrogens is 1. The summed E-state index contributed by atoms with van der Waals surface area (Å²) >= 11 is 1.69. The van der Waals surface area contributed by atoms with Crippen LogP contribution < -0.4 is 5.32 Å². The molecule has 116 valence electrons. The van der Waals surface area contributed by atoms with Gasteiger partial charge in [0.1, 0.15) is 12.2 Å². The molecule has 2 unspecified atom stereocenters. The standard InChI is InChI=1S/C14H16N4O3S/c1-7-3-4-22-12(7)8-5-9(8)13(20)16-14-15-10(17-18-14)6-11(19)21-2/h3-4,8-9H,5-6H2,1-2H3,(H2,15,16,17,18,20). The molecule has 0 radical (unpaired) electrons. The van der Waals surface area contributed by atoms with Crippen molar-refractivity contribution in [2.24, 2.45) is 5.92 Å². The van der Waals surface area contributed by atoms with E-state index in [1.54, 1.807) is 11.3 Å². The maximum atomic E-state index is 12.2. The minimum atomic E-state index is -0.413. The molecule has 1 amide bonds.